The van der Waals surface area contributed by atoms with E-state index in [0.29, 0.717) is 35.7 Å². The standard InChI is InChI=1S/C24H24N4O5.C2H4O2/c1-2-24(31)16-10-18-20-13(11-28(18)22(29)15(16)12-33-23(24)30)9-14-17(26-20)3-4-19-21(14)27(6-5-25)7-8-32-19;1-2(3)4/h3-4,9-10,31H,2,5-8,11-12,25H2,1H3;1H3,(H,3,4)/t24-;/m0./s1. The molecule has 1 atom stereocenters. The molecule has 3 aromatic rings. The van der Waals surface area contributed by atoms with Crippen molar-refractivity contribution in [2.45, 2.75) is 39.0 Å². The molecule has 37 heavy (non-hydrogen) atoms. The third-order valence-corrected chi connectivity index (χ3v) is 6.99. The molecule has 0 spiro atoms. The molecule has 11 heteroatoms. The van der Waals surface area contributed by atoms with Crippen molar-refractivity contribution in [3.63, 3.8) is 0 Å². The van der Waals surface area contributed by atoms with Crippen molar-refractivity contribution >= 4 is 28.5 Å². The minimum absolute atomic E-state index is 0.119. The summed E-state index contributed by atoms with van der Waals surface area (Å²) in [5.74, 6) is -0.973. The molecular weight excluding hydrogens is 480 g/mol. The summed E-state index contributed by atoms with van der Waals surface area (Å²) >= 11 is 0. The van der Waals surface area contributed by atoms with Crippen LogP contribution in [-0.4, -0.2) is 52.8 Å². The summed E-state index contributed by atoms with van der Waals surface area (Å²) in [6.07, 6.45) is 0.119. The van der Waals surface area contributed by atoms with Crippen LogP contribution in [0.2, 0.25) is 0 Å². The van der Waals surface area contributed by atoms with Gasteiger partial charge in [-0.25, -0.2) is 9.78 Å². The highest BCUT2D eigenvalue weighted by Gasteiger charge is 2.45. The number of carbonyl (C=O) groups excluding carboxylic acids is 2. The van der Waals surface area contributed by atoms with Crippen LogP contribution < -0.4 is 26.0 Å². The number of aromatic nitrogens is 2. The molecule has 0 radical (unpaired) electrons. The predicted molar refractivity (Wildman–Crippen MR) is 131 cm³/mol. The highest BCUT2D eigenvalue weighted by molar-refractivity contribution is 5.98. The minimum Gasteiger partial charge on any atom is -0.550 e. The van der Waals surface area contributed by atoms with Crippen LogP contribution in [0.15, 0.2) is 29.1 Å². The summed E-state index contributed by atoms with van der Waals surface area (Å²) < 4.78 is 12.7. The van der Waals surface area contributed by atoms with Crippen LogP contribution in [0.3, 0.4) is 0 Å². The van der Waals surface area contributed by atoms with Crippen molar-refractivity contribution in [2.24, 2.45) is 0 Å². The fourth-order valence-corrected chi connectivity index (χ4v) is 5.25. The van der Waals surface area contributed by atoms with E-state index in [2.05, 4.69) is 16.7 Å². The van der Waals surface area contributed by atoms with Crippen LogP contribution in [0.1, 0.15) is 37.0 Å². The summed E-state index contributed by atoms with van der Waals surface area (Å²) in [6, 6.07) is 7.69. The normalized spacial score (nSPS) is 19.0. The van der Waals surface area contributed by atoms with Crippen molar-refractivity contribution in [1.29, 1.82) is 0 Å². The van der Waals surface area contributed by atoms with Gasteiger partial charge in [0.25, 0.3) is 5.56 Å². The molecule has 2 aromatic heterocycles. The summed E-state index contributed by atoms with van der Waals surface area (Å²) in [7, 11) is 0. The number of quaternary nitrogens is 1. The second-order valence-electron chi connectivity index (χ2n) is 9.26. The Hall–Kier alpha value is -3.96. The van der Waals surface area contributed by atoms with E-state index in [1.54, 1.807) is 17.6 Å². The lowest BCUT2D eigenvalue weighted by molar-refractivity contribution is -0.363. The number of carbonyl (C=O) groups is 2. The van der Waals surface area contributed by atoms with Gasteiger partial charge in [0.1, 0.15) is 19.0 Å². The first-order chi connectivity index (χ1) is 17.7. The molecule has 0 unspecified atom stereocenters. The fraction of sp³-hybridized carbons (Fsp3) is 0.385. The number of carboxylic acids is 1. The zero-order chi connectivity index (χ0) is 26.5. The molecule has 1 aromatic carbocycles. The first-order valence-electron chi connectivity index (χ1n) is 12.2. The summed E-state index contributed by atoms with van der Waals surface area (Å²) in [5.41, 5.74) is 6.61. The summed E-state index contributed by atoms with van der Waals surface area (Å²) in [6.45, 7) is 5.93. The minimum atomic E-state index is -1.83. The number of benzene rings is 1. The van der Waals surface area contributed by atoms with Gasteiger partial charge in [-0.3, -0.25) is 4.79 Å². The van der Waals surface area contributed by atoms with Crippen LogP contribution in [0.5, 0.6) is 5.75 Å². The number of cyclic esters (lactones) is 1. The Morgan fingerprint density at radius 3 is 2.73 bits per heavy atom. The van der Waals surface area contributed by atoms with Gasteiger partial charge in [-0.05, 0) is 37.6 Å². The SMILES string of the molecule is CC(=O)[O-].CC[C@@]1(O)C(=O)OCc2c1cc1n(c2=O)Cc2cc3c4c(ccc3nc2-1)OCCN4CC[NH3+]. The number of fused-ring (bicyclic) bond motifs is 7. The quantitative estimate of drug-likeness (QED) is 0.340. The van der Waals surface area contributed by atoms with E-state index in [9.17, 15) is 14.7 Å². The molecule has 3 aliphatic heterocycles. The Bertz CT molecular complexity index is 1490. The number of esters is 1. The molecule has 0 amide bonds. The Kier molecular flexibility index (Phi) is 6.12. The maximum absolute atomic E-state index is 13.3. The Morgan fingerprint density at radius 1 is 1.27 bits per heavy atom. The van der Waals surface area contributed by atoms with Gasteiger partial charge in [0.15, 0.2) is 5.60 Å². The van der Waals surface area contributed by atoms with Crippen LogP contribution in [0, 0.1) is 0 Å². The van der Waals surface area contributed by atoms with Gasteiger partial charge < -0.3 is 39.7 Å². The zero-order valence-electron chi connectivity index (χ0n) is 20.7. The average molecular weight is 509 g/mol. The van der Waals surface area contributed by atoms with E-state index < -0.39 is 17.5 Å². The molecule has 5 heterocycles. The van der Waals surface area contributed by atoms with E-state index in [1.165, 1.54) is 0 Å². The van der Waals surface area contributed by atoms with Gasteiger partial charge in [-0.2, -0.15) is 0 Å². The largest absolute Gasteiger partial charge is 0.550 e. The first-order valence-corrected chi connectivity index (χ1v) is 12.2. The predicted octanol–water partition coefficient (Wildman–Crippen LogP) is -0.723. The lowest BCUT2D eigenvalue weighted by Gasteiger charge is -2.31. The topological polar surface area (TPSA) is 162 Å². The fourth-order valence-electron chi connectivity index (χ4n) is 5.25. The monoisotopic (exact) mass is 508 g/mol. The number of rotatable bonds is 3. The second kappa shape index (κ2) is 9.16. The van der Waals surface area contributed by atoms with Crippen molar-refractivity contribution in [1.82, 2.24) is 9.55 Å². The number of hydrogen-bond donors (Lipinski definition) is 2. The van der Waals surface area contributed by atoms with Gasteiger partial charge >= 0.3 is 5.97 Å². The number of carboxylic acid groups (broad SMARTS) is 1. The number of hydrogen-bond acceptors (Lipinski definition) is 9. The van der Waals surface area contributed by atoms with Gasteiger partial charge in [0.05, 0.1) is 54.3 Å². The van der Waals surface area contributed by atoms with Crippen molar-refractivity contribution in [3.05, 3.63) is 51.3 Å². The van der Waals surface area contributed by atoms with Crippen molar-refractivity contribution in [3.8, 4) is 17.1 Å². The smallest absolute Gasteiger partial charge is 0.343 e. The lowest BCUT2D eigenvalue weighted by atomic mass is 9.86. The molecule has 0 aliphatic carbocycles. The number of pyridine rings is 2. The van der Waals surface area contributed by atoms with E-state index in [4.69, 9.17) is 24.4 Å². The molecule has 0 bridgehead atoms. The van der Waals surface area contributed by atoms with Crippen molar-refractivity contribution in [2.75, 3.05) is 31.1 Å². The number of nitrogens with zero attached hydrogens (tertiary/aromatic N) is 3. The van der Waals surface area contributed by atoms with E-state index in [1.807, 2.05) is 12.1 Å². The number of ether oxygens (including phenoxy) is 2. The average Bonchev–Trinajstić information content (AvgIpc) is 3.23. The molecule has 0 saturated carbocycles. The molecule has 11 nitrogen and oxygen atoms in total. The van der Waals surface area contributed by atoms with Gasteiger partial charge in [-0.15, -0.1) is 0 Å². The van der Waals surface area contributed by atoms with Crippen molar-refractivity contribution < 1.29 is 35.0 Å². The van der Waals surface area contributed by atoms with E-state index in [0.717, 1.165) is 54.5 Å². The molecule has 0 fully saturated rings. The van der Waals surface area contributed by atoms with Gasteiger partial charge in [0.2, 0.25) is 0 Å². The van der Waals surface area contributed by atoms with E-state index in [-0.39, 0.29) is 18.6 Å². The molecule has 6 rings (SSSR count). The molecular formula is C26H28N4O7. The van der Waals surface area contributed by atoms with Gasteiger partial charge in [-0.1, -0.05) is 6.92 Å². The Morgan fingerprint density at radius 2 is 2.03 bits per heavy atom. The zero-order valence-corrected chi connectivity index (χ0v) is 20.7. The molecule has 194 valence electrons. The first kappa shape index (κ1) is 24.7. The van der Waals surface area contributed by atoms with Crippen LogP contribution in [-0.2, 0) is 33.1 Å². The van der Waals surface area contributed by atoms with Crippen LogP contribution in [0.25, 0.3) is 22.3 Å². The molecule has 3 aliphatic rings. The Labute approximate surface area is 212 Å². The molecule has 4 N–H and O–H groups in total. The summed E-state index contributed by atoms with van der Waals surface area (Å²) in [5, 5.41) is 20.9. The number of aliphatic carboxylic acids is 1. The third-order valence-electron chi connectivity index (χ3n) is 6.99. The van der Waals surface area contributed by atoms with Crippen LogP contribution in [0.4, 0.5) is 5.69 Å². The number of aliphatic hydroxyl groups is 1. The Balaban J connectivity index is 0.000000655. The lowest BCUT2D eigenvalue weighted by Crippen LogP contribution is -2.55. The van der Waals surface area contributed by atoms with E-state index >= 15 is 0 Å². The molecule has 0 saturated heterocycles. The maximum Gasteiger partial charge on any atom is 0.343 e. The second-order valence-corrected chi connectivity index (χ2v) is 9.26. The van der Waals surface area contributed by atoms with Crippen LogP contribution >= 0.6 is 0 Å². The maximum atomic E-state index is 13.3. The highest BCUT2D eigenvalue weighted by Crippen LogP contribution is 2.42. The summed E-state index contributed by atoms with van der Waals surface area (Å²) in [4.78, 5) is 41.8. The highest BCUT2D eigenvalue weighted by atomic mass is 16.6. The van der Waals surface area contributed by atoms with Gasteiger partial charge in [0, 0.05) is 22.5 Å². The number of anilines is 1. The third kappa shape index (κ3) is 3.91.